The number of aliphatic imine (C=N–C) groups is 1. The van der Waals surface area contributed by atoms with Gasteiger partial charge in [0.05, 0.1) is 0 Å². The van der Waals surface area contributed by atoms with Gasteiger partial charge in [-0.05, 0) is 69.3 Å². The fraction of sp³-hybridized carbons (Fsp3) is 0.645. The minimum atomic E-state index is -0.716. The van der Waals surface area contributed by atoms with Crippen molar-refractivity contribution in [1.82, 2.24) is 20.4 Å². The van der Waals surface area contributed by atoms with Crippen LogP contribution in [0.25, 0.3) is 0 Å². The first kappa shape index (κ1) is 32.9. The Bertz CT molecular complexity index is 1070. The number of likely N-dealkylation sites (tertiary alicyclic amines) is 2. The predicted molar refractivity (Wildman–Crippen MR) is 163 cm³/mol. The molecule has 2 aliphatic rings. The molecule has 3 rings (SSSR count). The van der Waals surface area contributed by atoms with Gasteiger partial charge in [0, 0.05) is 32.6 Å². The molecule has 0 aliphatic carbocycles. The summed E-state index contributed by atoms with van der Waals surface area (Å²) >= 11 is 0. The molecule has 1 aromatic rings. The molecule has 0 radical (unpaired) electrons. The minimum absolute atomic E-state index is 0.0128. The molecule has 11 nitrogen and oxygen atoms in total. The fourth-order valence-corrected chi connectivity index (χ4v) is 5.73. The maximum atomic E-state index is 13.8. The lowest BCUT2D eigenvalue weighted by atomic mass is 10.0. The summed E-state index contributed by atoms with van der Waals surface area (Å²) in [5.74, 6) is -0.725. The first-order chi connectivity index (χ1) is 20.2. The molecule has 0 unspecified atom stereocenters. The molecule has 11 heteroatoms. The number of nitrogens with two attached hydrogens (primary N) is 2. The van der Waals surface area contributed by atoms with Gasteiger partial charge in [-0.3, -0.25) is 24.2 Å². The van der Waals surface area contributed by atoms with Crippen LogP contribution in [0.2, 0.25) is 0 Å². The number of hydrogen-bond acceptors (Lipinski definition) is 5. The van der Waals surface area contributed by atoms with Gasteiger partial charge in [0.2, 0.25) is 23.6 Å². The molecule has 0 bridgehead atoms. The van der Waals surface area contributed by atoms with Gasteiger partial charge in [-0.25, -0.2) is 0 Å². The molecule has 2 heterocycles. The molecule has 2 fully saturated rings. The van der Waals surface area contributed by atoms with E-state index in [-0.39, 0.29) is 41.9 Å². The molecule has 0 spiro atoms. The number of piperidine rings is 1. The van der Waals surface area contributed by atoms with E-state index in [2.05, 4.69) is 15.6 Å². The first-order valence-electron chi connectivity index (χ1n) is 15.4. The van der Waals surface area contributed by atoms with Gasteiger partial charge in [0.25, 0.3) is 0 Å². The van der Waals surface area contributed by atoms with Crippen molar-refractivity contribution in [1.29, 1.82) is 0 Å². The van der Waals surface area contributed by atoms with E-state index in [1.807, 2.05) is 49.1 Å². The highest BCUT2D eigenvalue weighted by molar-refractivity contribution is 5.94. The highest BCUT2D eigenvalue weighted by Gasteiger charge is 2.39. The first-order valence-corrected chi connectivity index (χ1v) is 15.4. The van der Waals surface area contributed by atoms with Gasteiger partial charge in [-0.2, -0.15) is 0 Å². The van der Waals surface area contributed by atoms with E-state index in [0.717, 1.165) is 24.8 Å². The summed E-state index contributed by atoms with van der Waals surface area (Å²) in [6.45, 7) is 6.15. The van der Waals surface area contributed by atoms with Crippen LogP contribution < -0.4 is 22.1 Å². The number of carbonyl (C=O) groups is 4. The van der Waals surface area contributed by atoms with E-state index in [4.69, 9.17) is 11.5 Å². The number of aryl methyl sites for hydroxylation is 1. The van der Waals surface area contributed by atoms with Crippen LogP contribution in [0.4, 0.5) is 0 Å². The van der Waals surface area contributed by atoms with Crippen molar-refractivity contribution >= 4 is 29.6 Å². The molecule has 6 N–H and O–H groups in total. The second-order valence-corrected chi connectivity index (χ2v) is 11.8. The average molecular weight is 584 g/mol. The maximum absolute atomic E-state index is 13.8. The van der Waals surface area contributed by atoms with Crippen LogP contribution in [0.5, 0.6) is 0 Å². The zero-order valence-corrected chi connectivity index (χ0v) is 25.2. The number of amides is 4. The smallest absolute Gasteiger partial charge is 0.245 e. The fourth-order valence-electron chi connectivity index (χ4n) is 5.73. The molecular weight excluding hydrogens is 534 g/mol. The van der Waals surface area contributed by atoms with Crippen LogP contribution in [0.15, 0.2) is 35.3 Å². The van der Waals surface area contributed by atoms with Crippen molar-refractivity contribution in [3.63, 3.8) is 0 Å². The summed E-state index contributed by atoms with van der Waals surface area (Å²) in [6, 6.07) is 7.63. The lowest BCUT2D eigenvalue weighted by molar-refractivity contribution is -0.143. The zero-order valence-electron chi connectivity index (χ0n) is 25.2. The van der Waals surface area contributed by atoms with E-state index in [1.54, 1.807) is 4.90 Å². The lowest BCUT2D eigenvalue weighted by Gasteiger charge is -2.33. The summed E-state index contributed by atoms with van der Waals surface area (Å²) in [5.41, 5.74) is 11.9. The third-order valence-electron chi connectivity index (χ3n) is 7.89. The Labute approximate surface area is 249 Å². The van der Waals surface area contributed by atoms with Gasteiger partial charge in [0.15, 0.2) is 5.96 Å². The molecule has 0 saturated carbocycles. The molecular formula is C31H49N7O4. The van der Waals surface area contributed by atoms with E-state index >= 15 is 0 Å². The van der Waals surface area contributed by atoms with Crippen molar-refractivity contribution in [2.75, 3.05) is 26.2 Å². The van der Waals surface area contributed by atoms with Crippen LogP contribution >= 0.6 is 0 Å². The van der Waals surface area contributed by atoms with Crippen molar-refractivity contribution in [3.8, 4) is 0 Å². The second kappa shape index (κ2) is 16.7. The quantitative estimate of drug-likeness (QED) is 0.148. The highest BCUT2D eigenvalue weighted by Crippen LogP contribution is 2.22. The molecule has 2 aliphatic heterocycles. The summed E-state index contributed by atoms with van der Waals surface area (Å²) in [4.78, 5) is 61.0. The van der Waals surface area contributed by atoms with Gasteiger partial charge < -0.3 is 31.9 Å². The molecule has 4 amide bonds. The van der Waals surface area contributed by atoms with Crippen LogP contribution in [0, 0.1) is 5.92 Å². The molecule has 0 aromatic heterocycles. The second-order valence-electron chi connectivity index (χ2n) is 11.8. The van der Waals surface area contributed by atoms with Gasteiger partial charge in [-0.1, -0.05) is 44.2 Å². The Hall–Kier alpha value is -3.63. The summed E-state index contributed by atoms with van der Waals surface area (Å²) in [5, 5.41) is 5.91. The monoisotopic (exact) mass is 583 g/mol. The van der Waals surface area contributed by atoms with E-state index in [0.29, 0.717) is 64.7 Å². The number of rotatable bonds is 14. The number of carbonyl (C=O) groups excluding carboxylic acids is 4. The molecule has 232 valence electrons. The normalized spacial score (nSPS) is 18.3. The number of nitrogens with zero attached hydrogens (tertiary/aromatic N) is 3. The van der Waals surface area contributed by atoms with E-state index in [9.17, 15) is 19.2 Å². The van der Waals surface area contributed by atoms with Crippen LogP contribution in [-0.2, 0) is 25.6 Å². The topological polar surface area (TPSA) is 163 Å². The van der Waals surface area contributed by atoms with Crippen LogP contribution in [-0.4, -0.2) is 83.7 Å². The summed E-state index contributed by atoms with van der Waals surface area (Å²) in [7, 11) is 0. The summed E-state index contributed by atoms with van der Waals surface area (Å²) in [6.07, 6.45) is 6.41. The Balaban J connectivity index is 1.66. The Morgan fingerprint density at radius 2 is 1.64 bits per heavy atom. The van der Waals surface area contributed by atoms with Gasteiger partial charge in [0.1, 0.15) is 18.1 Å². The third-order valence-corrected chi connectivity index (χ3v) is 7.89. The van der Waals surface area contributed by atoms with E-state index < -0.39 is 18.1 Å². The van der Waals surface area contributed by atoms with Crippen molar-refractivity contribution in [2.24, 2.45) is 22.4 Å². The minimum Gasteiger partial charge on any atom is -0.370 e. The van der Waals surface area contributed by atoms with Crippen LogP contribution in [0.3, 0.4) is 0 Å². The highest BCUT2D eigenvalue weighted by atomic mass is 16.2. The van der Waals surface area contributed by atoms with Crippen LogP contribution in [0.1, 0.15) is 77.2 Å². The molecule has 42 heavy (non-hydrogen) atoms. The van der Waals surface area contributed by atoms with Gasteiger partial charge in [-0.15, -0.1) is 0 Å². The van der Waals surface area contributed by atoms with Crippen molar-refractivity contribution < 1.29 is 19.2 Å². The molecule has 2 saturated heterocycles. The number of guanidine groups is 1. The standard InChI is InChI=1S/C31H49N7O4/c1-22(2)21-25(35-27(39)16-15-23-11-5-3-6-12-23)30(42)38-20-10-14-26(38)28(40)36-24(13-9-17-34-31(32)33)29(41)37-18-7-4-8-19-37/h3,5-6,11-12,22,24-26H,4,7-10,13-21H2,1-2H3,(H,35,39)(H,36,40)(H4,32,33,34)/t24-,25-,26-/m0/s1. The summed E-state index contributed by atoms with van der Waals surface area (Å²) < 4.78 is 0. The number of hydrogen-bond donors (Lipinski definition) is 4. The third kappa shape index (κ3) is 10.3. The lowest BCUT2D eigenvalue weighted by Crippen LogP contribution is -2.57. The maximum Gasteiger partial charge on any atom is 0.245 e. The molecule has 3 atom stereocenters. The van der Waals surface area contributed by atoms with Crippen molar-refractivity contribution in [2.45, 2.75) is 96.2 Å². The van der Waals surface area contributed by atoms with E-state index in [1.165, 1.54) is 0 Å². The predicted octanol–water partition coefficient (Wildman–Crippen LogP) is 1.69. The van der Waals surface area contributed by atoms with Gasteiger partial charge >= 0.3 is 0 Å². The SMILES string of the molecule is CC(C)C[C@H](NC(=O)CCc1ccccc1)C(=O)N1CCC[C@H]1C(=O)N[C@@H](CCCN=C(N)N)C(=O)N1CCCCC1. The Morgan fingerprint density at radius 1 is 0.929 bits per heavy atom. The zero-order chi connectivity index (χ0) is 30.5. The van der Waals surface area contributed by atoms with Crippen molar-refractivity contribution in [3.05, 3.63) is 35.9 Å². The average Bonchev–Trinajstić information content (AvgIpc) is 3.47. The molecule has 1 aromatic carbocycles. The Morgan fingerprint density at radius 3 is 2.31 bits per heavy atom. The number of nitrogens with one attached hydrogen (secondary N) is 2. The largest absolute Gasteiger partial charge is 0.370 e. The number of benzene rings is 1. The Kier molecular flexibility index (Phi) is 13.1.